The van der Waals surface area contributed by atoms with Crippen LogP contribution < -0.4 is 4.90 Å². The number of fused-ring (bicyclic) bond motifs is 11. The summed E-state index contributed by atoms with van der Waals surface area (Å²) in [6.07, 6.45) is 0. The van der Waals surface area contributed by atoms with Crippen LogP contribution >= 0.6 is 0 Å². The summed E-state index contributed by atoms with van der Waals surface area (Å²) in [6.45, 7) is 4.74. The molecule has 0 bridgehead atoms. The molecule has 0 saturated heterocycles. The lowest BCUT2D eigenvalue weighted by molar-refractivity contribution is 0.660. The molecule has 1 nitrogen and oxygen atoms in total. The zero-order valence-electron chi connectivity index (χ0n) is 34.3. The van der Waals surface area contributed by atoms with E-state index in [4.69, 9.17) is 0 Å². The molecule has 0 spiro atoms. The Kier molecular flexibility index (Phi) is 7.86. The van der Waals surface area contributed by atoms with Crippen molar-refractivity contribution in [2.75, 3.05) is 4.90 Å². The first-order valence-corrected chi connectivity index (χ1v) is 21.4. The molecule has 288 valence electrons. The first kappa shape index (κ1) is 35.5. The van der Waals surface area contributed by atoms with E-state index in [1.165, 1.54) is 88.3 Å². The fraction of sp³-hybridized carbons (Fsp3) is 0.0667. The average molecular weight is 778 g/mol. The maximum Gasteiger partial charge on any atom is 0.0719 e. The predicted molar refractivity (Wildman–Crippen MR) is 256 cm³/mol. The molecule has 61 heavy (non-hydrogen) atoms. The summed E-state index contributed by atoms with van der Waals surface area (Å²) in [6, 6.07) is 83.5. The largest absolute Gasteiger partial charge is 0.310 e. The minimum Gasteiger partial charge on any atom is -0.310 e. The Morgan fingerprint density at radius 2 is 0.836 bits per heavy atom. The second-order valence-corrected chi connectivity index (χ2v) is 17.2. The van der Waals surface area contributed by atoms with Crippen molar-refractivity contribution in [3.05, 3.63) is 258 Å². The molecule has 0 unspecified atom stereocenters. The van der Waals surface area contributed by atoms with Gasteiger partial charge in [0.1, 0.15) is 0 Å². The molecular weight excluding hydrogens is 735 g/mol. The molecule has 12 rings (SSSR count). The van der Waals surface area contributed by atoms with E-state index in [2.05, 4.69) is 243 Å². The molecule has 0 aromatic heterocycles. The standard InChI is InChI=1S/C60H43N/c1-59(2)54-28-16-14-25-48(54)49-36-34-46(39-56(49)59)61(44-32-30-41(31-33-44)40-18-6-3-7-19-40)45-35-37-51-53(38-45)47-24-12-13-26-50(47)57-52-27-15-17-29-55(52)60(58(51)57,42-20-8-4-9-21-42)43-22-10-5-11-23-43/h3-39H,1-2H3. The highest BCUT2D eigenvalue weighted by molar-refractivity contribution is 6.20. The monoisotopic (exact) mass is 777 g/mol. The highest BCUT2D eigenvalue weighted by Crippen LogP contribution is 2.60. The Morgan fingerprint density at radius 1 is 0.328 bits per heavy atom. The zero-order valence-corrected chi connectivity index (χ0v) is 34.3. The maximum absolute atomic E-state index is 2.46. The molecule has 0 fully saturated rings. The van der Waals surface area contributed by atoms with E-state index in [-0.39, 0.29) is 5.41 Å². The van der Waals surface area contributed by atoms with Crippen molar-refractivity contribution in [3.63, 3.8) is 0 Å². The van der Waals surface area contributed by atoms with Crippen LogP contribution in [0.4, 0.5) is 17.1 Å². The lowest BCUT2D eigenvalue weighted by Crippen LogP contribution is -2.28. The fourth-order valence-electron chi connectivity index (χ4n) is 11.0. The van der Waals surface area contributed by atoms with E-state index >= 15 is 0 Å². The van der Waals surface area contributed by atoms with Gasteiger partial charge in [0.05, 0.1) is 5.41 Å². The third kappa shape index (κ3) is 5.14. The van der Waals surface area contributed by atoms with Crippen molar-refractivity contribution in [1.82, 2.24) is 0 Å². The van der Waals surface area contributed by atoms with E-state index in [1.807, 2.05) is 0 Å². The molecular formula is C60H43N. The second-order valence-electron chi connectivity index (χ2n) is 17.2. The van der Waals surface area contributed by atoms with Crippen LogP contribution in [0.3, 0.4) is 0 Å². The lowest BCUT2D eigenvalue weighted by Gasteiger charge is -2.35. The van der Waals surface area contributed by atoms with E-state index in [9.17, 15) is 0 Å². The predicted octanol–water partition coefficient (Wildman–Crippen LogP) is 15.8. The summed E-state index contributed by atoms with van der Waals surface area (Å²) in [7, 11) is 0. The van der Waals surface area contributed by atoms with Gasteiger partial charge >= 0.3 is 0 Å². The third-order valence-electron chi connectivity index (χ3n) is 13.7. The van der Waals surface area contributed by atoms with Gasteiger partial charge in [-0.2, -0.15) is 0 Å². The summed E-state index contributed by atoms with van der Waals surface area (Å²) >= 11 is 0. The highest BCUT2D eigenvalue weighted by Gasteiger charge is 2.48. The summed E-state index contributed by atoms with van der Waals surface area (Å²) < 4.78 is 0. The molecule has 0 radical (unpaired) electrons. The number of benzene rings is 10. The van der Waals surface area contributed by atoms with Crippen LogP contribution in [-0.4, -0.2) is 0 Å². The SMILES string of the molecule is CC1(C)c2ccccc2-c2ccc(N(c3ccc(-c4ccccc4)cc3)c3ccc4c5c(c6ccccc6c4c3)-c3ccccc3C5(c3ccccc3)c3ccccc3)cc21. The van der Waals surface area contributed by atoms with Gasteiger partial charge in [0, 0.05) is 22.5 Å². The normalized spacial score (nSPS) is 14.0. The molecule has 0 amide bonds. The van der Waals surface area contributed by atoms with Gasteiger partial charge in [-0.15, -0.1) is 0 Å². The van der Waals surface area contributed by atoms with Gasteiger partial charge in [0.2, 0.25) is 0 Å². The van der Waals surface area contributed by atoms with Crippen molar-refractivity contribution in [2.45, 2.75) is 24.7 Å². The lowest BCUT2D eigenvalue weighted by atomic mass is 9.66. The molecule has 0 atom stereocenters. The van der Waals surface area contributed by atoms with E-state index in [0.717, 1.165) is 17.1 Å². The number of rotatable bonds is 6. The Morgan fingerprint density at radius 3 is 1.54 bits per heavy atom. The van der Waals surface area contributed by atoms with Gasteiger partial charge in [-0.25, -0.2) is 0 Å². The first-order chi connectivity index (χ1) is 30.0. The molecule has 0 aliphatic heterocycles. The van der Waals surface area contributed by atoms with E-state index < -0.39 is 5.41 Å². The van der Waals surface area contributed by atoms with Crippen molar-refractivity contribution in [3.8, 4) is 33.4 Å². The molecule has 0 saturated carbocycles. The van der Waals surface area contributed by atoms with Crippen LogP contribution in [0.25, 0.3) is 54.9 Å². The van der Waals surface area contributed by atoms with Crippen LogP contribution in [0.1, 0.15) is 47.2 Å². The van der Waals surface area contributed by atoms with Gasteiger partial charge < -0.3 is 4.90 Å². The van der Waals surface area contributed by atoms with Gasteiger partial charge in [0.15, 0.2) is 0 Å². The number of anilines is 3. The van der Waals surface area contributed by atoms with Crippen LogP contribution in [0.5, 0.6) is 0 Å². The number of hydrogen-bond donors (Lipinski definition) is 0. The molecule has 2 aliphatic carbocycles. The Bertz CT molecular complexity index is 3270. The van der Waals surface area contributed by atoms with Gasteiger partial charge in [-0.1, -0.05) is 202 Å². The van der Waals surface area contributed by atoms with Gasteiger partial charge in [0.25, 0.3) is 0 Å². The number of hydrogen-bond acceptors (Lipinski definition) is 1. The van der Waals surface area contributed by atoms with Crippen molar-refractivity contribution < 1.29 is 0 Å². The Labute approximate surface area is 357 Å². The summed E-state index contributed by atoms with van der Waals surface area (Å²) in [5.74, 6) is 0. The smallest absolute Gasteiger partial charge is 0.0719 e. The third-order valence-corrected chi connectivity index (χ3v) is 13.7. The van der Waals surface area contributed by atoms with Crippen LogP contribution in [0.2, 0.25) is 0 Å². The first-order valence-electron chi connectivity index (χ1n) is 21.4. The van der Waals surface area contributed by atoms with Gasteiger partial charge in [-0.05, 0) is 125 Å². The van der Waals surface area contributed by atoms with Gasteiger partial charge in [-0.3, -0.25) is 0 Å². The van der Waals surface area contributed by atoms with Crippen LogP contribution in [0.15, 0.2) is 224 Å². The number of nitrogens with zero attached hydrogens (tertiary/aromatic N) is 1. The van der Waals surface area contributed by atoms with Crippen molar-refractivity contribution in [1.29, 1.82) is 0 Å². The minimum absolute atomic E-state index is 0.127. The zero-order chi connectivity index (χ0) is 40.7. The maximum atomic E-state index is 2.46. The van der Waals surface area contributed by atoms with Crippen molar-refractivity contribution in [2.24, 2.45) is 0 Å². The topological polar surface area (TPSA) is 3.24 Å². The van der Waals surface area contributed by atoms with Crippen LogP contribution in [0, 0.1) is 0 Å². The highest BCUT2D eigenvalue weighted by atomic mass is 15.1. The summed E-state index contributed by atoms with van der Waals surface area (Å²) in [4.78, 5) is 2.46. The minimum atomic E-state index is -0.522. The molecule has 2 aliphatic rings. The molecule has 0 heterocycles. The Hall–Kier alpha value is -7.48. The molecule has 10 aromatic carbocycles. The summed E-state index contributed by atoms with van der Waals surface area (Å²) in [5.41, 5.74) is 18.4. The van der Waals surface area contributed by atoms with E-state index in [0.29, 0.717) is 0 Å². The van der Waals surface area contributed by atoms with Crippen LogP contribution in [-0.2, 0) is 10.8 Å². The molecule has 1 heteroatoms. The van der Waals surface area contributed by atoms with Crippen molar-refractivity contribution >= 4 is 38.6 Å². The summed E-state index contributed by atoms with van der Waals surface area (Å²) in [5, 5.41) is 5.05. The average Bonchev–Trinajstić information content (AvgIpc) is 3.77. The second kappa shape index (κ2) is 13.5. The quantitative estimate of drug-likeness (QED) is 0.152. The Balaban J connectivity index is 1.14. The van der Waals surface area contributed by atoms with E-state index in [1.54, 1.807) is 0 Å². The fourth-order valence-corrected chi connectivity index (χ4v) is 11.0. The molecule has 0 N–H and O–H groups in total. The molecule has 10 aromatic rings.